The molecule has 0 bridgehead atoms. The standard InChI is InChI=1S/C8H14IN/c9-7-4-3-6-2-1-5-10-8(6)7/h6-8,10H,1-5H2. The zero-order valence-corrected chi connectivity index (χ0v) is 8.30. The van der Waals surface area contributed by atoms with Gasteiger partial charge in [0.2, 0.25) is 0 Å². The van der Waals surface area contributed by atoms with Gasteiger partial charge in [0.25, 0.3) is 0 Å². The van der Waals surface area contributed by atoms with Crippen molar-refractivity contribution in [2.24, 2.45) is 5.92 Å². The van der Waals surface area contributed by atoms with E-state index in [1.165, 1.54) is 32.2 Å². The highest BCUT2D eigenvalue weighted by molar-refractivity contribution is 14.1. The highest BCUT2D eigenvalue weighted by atomic mass is 127. The van der Waals surface area contributed by atoms with E-state index in [1.54, 1.807) is 0 Å². The second-order valence-electron chi connectivity index (χ2n) is 3.48. The molecule has 1 saturated carbocycles. The van der Waals surface area contributed by atoms with Crippen molar-refractivity contribution in [3.63, 3.8) is 0 Å². The second kappa shape index (κ2) is 2.97. The SMILES string of the molecule is IC1CCC2CCCNC12. The molecule has 1 N–H and O–H groups in total. The molecule has 0 radical (unpaired) electrons. The van der Waals surface area contributed by atoms with Crippen LogP contribution in [0, 0.1) is 5.92 Å². The number of halogens is 1. The van der Waals surface area contributed by atoms with Crippen LogP contribution in [0.2, 0.25) is 0 Å². The van der Waals surface area contributed by atoms with Crippen molar-refractivity contribution < 1.29 is 0 Å². The van der Waals surface area contributed by atoms with Crippen LogP contribution in [0.15, 0.2) is 0 Å². The van der Waals surface area contributed by atoms with Crippen molar-refractivity contribution in [3.05, 3.63) is 0 Å². The predicted octanol–water partition coefficient (Wildman–Crippen LogP) is 1.95. The van der Waals surface area contributed by atoms with Gasteiger partial charge in [-0.25, -0.2) is 0 Å². The van der Waals surface area contributed by atoms with E-state index in [4.69, 9.17) is 0 Å². The Morgan fingerprint density at radius 3 is 2.90 bits per heavy atom. The van der Waals surface area contributed by atoms with Gasteiger partial charge in [-0.15, -0.1) is 0 Å². The first kappa shape index (κ1) is 7.35. The molecule has 1 nitrogen and oxygen atoms in total. The topological polar surface area (TPSA) is 12.0 Å². The van der Waals surface area contributed by atoms with Crippen LogP contribution in [-0.4, -0.2) is 16.5 Å². The minimum atomic E-state index is 0.870. The Hall–Kier alpha value is 0.690. The Morgan fingerprint density at radius 1 is 1.20 bits per heavy atom. The largest absolute Gasteiger partial charge is 0.313 e. The number of hydrogen-bond donors (Lipinski definition) is 1. The molecule has 0 aromatic carbocycles. The molecule has 2 heteroatoms. The third-order valence-corrected chi connectivity index (χ3v) is 4.24. The van der Waals surface area contributed by atoms with Crippen LogP contribution < -0.4 is 5.32 Å². The van der Waals surface area contributed by atoms with Gasteiger partial charge in [-0.3, -0.25) is 0 Å². The summed E-state index contributed by atoms with van der Waals surface area (Å²) in [5.74, 6) is 1.02. The fourth-order valence-electron chi connectivity index (χ4n) is 2.28. The first-order chi connectivity index (χ1) is 4.88. The monoisotopic (exact) mass is 251 g/mol. The van der Waals surface area contributed by atoms with Crippen molar-refractivity contribution in [3.8, 4) is 0 Å². The van der Waals surface area contributed by atoms with Gasteiger partial charge >= 0.3 is 0 Å². The van der Waals surface area contributed by atoms with Gasteiger partial charge in [0.05, 0.1) is 0 Å². The van der Waals surface area contributed by atoms with E-state index in [1.807, 2.05) is 0 Å². The smallest absolute Gasteiger partial charge is 0.0266 e. The fraction of sp³-hybridized carbons (Fsp3) is 1.00. The zero-order valence-electron chi connectivity index (χ0n) is 6.15. The lowest BCUT2D eigenvalue weighted by Crippen LogP contribution is -2.42. The first-order valence-electron chi connectivity index (χ1n) is 4.25. The molecule has 0 spiro atoms. The van der Waals surface area contributed by atoms with Crippen LogP contribution in [-0.2, 0) is 0 Å². The summed E-state index contributed by atoms with van der Waals surface area (Å²) < 4.78 is 0.919. The molecule has 10 heavy (non-hydrogen) atoms. The highest BCUT2D eigenvalue weighted by Gasteiger charge is 2.35. The fourth-order valence-corrected chi connectivity index (χ4v) is 3.48. The Labute approximate surface area is 76.1 Å². The van der Waals surface area contributed by atoms with Crippen molar-refractivity contribution in [2.75, 3.05) is 6.54 Å². The van der Waals surface area contributed by atoms with Crippen LogP contribution in [0.5, 0.6) is 0 Å². The Balaban J connectivity index is 2.01. The second-order valence-corrected chi connectivity index (χ2v) is 5.08. The molecular weight excluding hydrogens is 237 g/mol. The number of nitrogens with one attached hydrogen (secondary N) is 1. The van der Waals surface area contributed by atoms with Crippen molar-refractivity contribution in [1.29, 1.82) is 0 Å². The van der Waals surface area contributed by atoms with Gasteiger partial charge in [0.15, 0.2) is 0 Å². The van der Waals surface area contributed by atoms with E-state index in [9.17, 15) is 0 Å². The Kier molecular flexibility index (Phi) is 2.18. The molecule has 1 aliphatic carbocycles. The quantitative estimate of drug-likeness (QED) is 0.512. The lowest BCUT2D eigenvalue weighted by molar-refractivity contribution is 0.324. The molecule has 1 heterocycles. The van der Waals surface area contributed by atoms with Gasteiger partial charge in [-0.1, -0.05) is 22.6 Å². The Morgan fingerprint density at radius 2 is 2.10 bits per heavy atom. The normalized spacial score (nSPS) is 47.1. The van der Waals surface area contributed by atoms with Crippen molar-refractivity contribution >= 4 is 22.6 Å². The number of fused-ring (bicyclic) bond motifs is 1. The molecule has 2 rings (SSSR count). The minimum absolute atomic E-state index is 0.870. The van der Waals surface area contributed by atoms with Crippen molar-refractivity contribution in [2.45, 2.75) is 35.6 Å². The molecule has 1 saturated heterocycles. The summed E-state index contributed by atoms with van der Waals surface area (Å²) >= 11 is 2.60. The van der Waals surface area contributed by atoms with E-state index in [2.05, 4.69) is 27.9 Å². The third-order valence-electron chi connectivity index (χ3n) is 2.84. The van der Waals surface area contributed by atoms with Gasteiger partial charge in [0, 0.05) is 9.97 Å². The van der Waals surface area contributed by atoms with Crippen LogP contribution in [0.4, 0.5) is 0 Å². The number of alkyl halides is 1. The molecule has 0 amide bonds. The Bertz CT molecular complexity index is 124. The molecule has 2 fully saturated rings. The number of hydrogen-bond acceptors (Lipinski definition) is 1. The van der Waals surface area contributed by atoms with E-state index < -0.39 is 0 Å². The van der Waals surface area contributed by atoms with E-state index >= 15 is 0 Å². The maximum atomic E-state index is 3.62. The molecule has 3 atom stereocenters. The van der Waals surface area contributed by atoms with E-state index in [-0.39, 0.29) is 0 Å². The maximum Gasteiger partial charge on any atom is 0.0266 e. The van der Waals surface area contributed by atoms with Gasteiger partial charge in [0.1, 0.15) is 0 Å². The molecule has 0 aromatic heterocycles. The summed E-state index contributed by atoms with van der Waals surface area (Å²) in [6.07, 6.45) is 5.82. The maximum absolute atomic E-state index is 3.62. The van der Waals surface area contributed by atoms with Gasteiger partial charge in [-0.05, 0) is 38.1 Å². The summed E-state index contributed by atoms with van der Waals surface area (Å²) in [4.78, 5) is 0. The summed E-state index contributed by atoms with van der Waals surface area (Å²) in [7, 11) is 0. The first-order valence-corrected chi connectivity index (χ1v) is 5.50. The molecule has 1 aliphatic heterocycles. The minimum Gasteiger partial charge on any atom is -0.313 e. The average molecular weight is 251 g/mol. The molecule has 0 aromatic rings. The zero-order chi connectivity index (χ0) is 6.97. The van der Waals surface area contributed by atoms with Crippen LogP contribution >= 0.6 is 22.6 Å². The highest BCUT2D eigenvalue weighted by Crippen LogP contribution is 2.36. The molecular formula is C8H14IN. The van der Waals surface area contributed by atoms with E-state index in [0.29, 0.717) is 0 Å². The van der Waals surface area contributed by atoms with E-state index in [0.717, 1.165) is 15.9 Å². The van der Waals surface area contributed by atoms with Crippen LogP contribution in [0.3, 0.4) is 0 Å². The van der Waals surface area contributed by atoms with Gasteiger partial charge in [-0.2, -0.15) is 0 Å². The summed E-state index contributed by atoms with van der Waals surface area (Å²) in [5.41, 5.74) is 0. The molecule has 58 valence electrons. The lowest BCUT2D eigenvalue weighted by atomic mass is 9.94. The summed E-state index contributed by atoms with van der Waals surface area (Å²) in [6, 6.07) is 0.870. The number of piperidine rings is 1. The lowest BCUT2D eigenvalue weighted by Gasteiger charge is -2.28. The molecule has 3 unspecified atom stereocenters. The predicted molar refractivity (Wildman–Crippen MR) is 51.6 cm³/mol. The summed E-state index contributed by atoms with van der Waals surface area (Å²) in [6.45, 7) is 1.26. The van der Waals surface area contributed by atoms with Crippen molar-refractivity contribution in [1.82, 2.24) is 5.32 Å². The average Bonchev–Trinajstić information content (AvgIpc) is 2.34. The summed E-state index contributed by atoms with van der Waals surface area (Å²) in [5, 5.41) is 3.62. The molecule has 2 aliphatic rings. The van der Waals surface area contributed by atoms with Crippen LogP contribution in [0.25, 0.3) is 0 Å². The van der Waals surface area contributed by atoms with Crippen LogP contribution in [0.1, 0.15) is 25.7 Å². The number of rotatable bonds is 0. The van der Waals surface area contributed by atoms with Gasteiger partial charge < -0.3 is 5.32 Å². The third kappa shape index (κ3) is 1.20.